The predicted octanol–water partition coefficient (Wildman–Crippen LogP) is 5.21. The number of carbonyl (C=O) groups is 4. The molecule has 1 aromatic heterocycles. The van der Waals surface area contributed by atoms with Gasteiger partial charge < -0.3 is 29.6 Å². The van der Waals surface area contributed by atoms with Gasteiger partial charge in [0.05, 0.1) is 32.3 Å². The van der Waals surface area contributed by atoms with Crippen LogP contribution >= 0.6 is 0 Å². The number of methoxy groups -OCH3 is 1. The van der Waals surface area contributed by atoms with Gasteiger partial charge in [0.1, 0.15) is 29.4 Å². The van der Waals surface area contributed by atoms with Gasteiger partial charge in [0.15, 0.2) is 5.76 Å². The van der Waals surface area contributed by atoms with E-state index >= 15 is 0 Å². The maximum absolute atomic E-state index is 13.4. The molecule has 3 rings (SSSR count). The van der Waals surface area contributed by atoms with Crippen molar-refractivity contribution in [3.8, 4) is 22.8 Å². The van der Waals surface area contributed by atoms with Crippen molar-refractivity contribution in [2.24, 2.45) is 5.92 Å². The number of amides is 3. The third-order valence-electron chi connectivity index (χ3n) is 7.39. The van der Waals surface area contributed by atoms with Gasteiger partial charge >= 0.3 is 5.97 Å². The number of aromatic hydroxyl groups is 1. The van der Waals surface area contributed by atoms with Crippen LogP contribution in [0.25, 0.3) is 11.3 Å². The van der Waals surface area contributed by atoms with Crippen LogP contribution in [0.15, 0.2) is 59.0 Å². The molecule has 0 fully saturated rings. The molecule has 2 unspecified atom stereocenters. The van der Waals surface area contributed by atoms with Crippen LogP contribution in [0, 0.1) is 5.92 Å². The van der Waals surface area contributed by atoms with E-state index < -0.39 is 23.8 Å². The number of nitrogens with zero attached hydrogens (tertiary/aromatic N) is 1. The van der Waals surface area contributed by atoms with Gasteiger partial charge in [-0.2, -0.15) is 0 Å². The summed E-state index contributed by atoms with van der Waals surface area (Å²) < 4.78 is 16.0. The van der Waals surface area contributed by atoms with Crippen LogP contribution in [0.5, 0.6) is 11.5 Å². The molecule has 1 heterocycles. The Morgan fingerprint density at radius 3 is 2.43 bits per heavy atom. The number of carbonyl (C=O) groups excluding carboxylic acids is 4. The Bertz CT molecular complexity index is 1440. The summed E-state index contributed by atoms with van der Waals surface area (Å²) in [4.78, 5) is 56.2. The summed E-state index contributed by atoms with van der Waals surface area (Å²) in [5.74, 6) is -2.28. The van der Waals surface area contributed by atoms with Gasteiger partial charge in [-0.05, 0) is 49.6 Å². The highest BCUT2D eigenvalue weighted by molar-refractivity contribution is 5.97. The molecule has 12 heteroatoms. The molecule has 2 atom stereocenters. The minimum atomic E-state index is -0.759. The van der Waals surface area contributed by atoms with Crippen molar-refractivity contribution in [3.05, 3.63) is 71.5 Å². The molecule has 3 N–H and O–H groups in total. The Balaban J connectivity index is 1.66. The highest BCUT2D eigenvalue weighted by atomic mass is 16.7. The molecule has 2 aromatic carbocycles. The summed E-state index contributed by atoms with van der Waals surface area (Å²) in [5.41, 5.74) is 1.14. The molecule has 0 aliphatic heterocycles. The fourth-order valence-electron chi connectivity index (χ4n) is 5.05. The molecule has 3 aromatic rings. The first kappa shape index (κ1) is 35.6. The van der Waals surface area contributed by atoms with E-state index in [0.29, 0.717) is 24.8 Å². The molecule has 0 aliphatic rings. The SMILES string of the molecule is CCCCCC(C(=O)NCNC(=O)c1ccc(-c2cc(O)c(C(=O)OC)c(OCC)c2)o1)C(CC)N(C=O)OCc1ccccc1. The number of benzene rings is 2. The van der Waals surface area contributed by atoms with Crippen molar-refractivity contribution in [2.45, 2.75) is 65.5 Å². The molecule has 248 valence electrons. The number of hydrogen-bond donors (Lipinski definition) is 3. The Morgan fingerprint density at radius 2 is 1.78 bits per heavy atom. The average Bonchev–Trinajstić information content (AvgIpc) is 3.56. The van der Waals surface area contributed by atoms with Crippen LogP contribution in [-0.4, -0.2) is 60.8 Å². The summed E-state index contributed by atoms with van der Waals surface area (Å²) >= 11 is 0. The molecule has 12 nitrogen and oxygen atoms in total. The van der Waals surface area contributed by atoms with Crippen LogP contribution < -0.4 is 15.4 Å². The molecular formula is C34H43N3O9. The lowest BCUT2D eigenvalue weighted by molar-refractivity contribution is -0.200. The Labute approximate surface area is 269 Å². The van der Waals surface area contributed by atoms with E-state index in [9.17, 15) is 24.3 Å². The number of phenols is 1. The van der Waals surface area contributed by atoms with Crippen LogP contribution in [0.1, 0.15) is 79.4 Å². The third kappa shape index (κ3) is 9.58. The van der Waals surface area contributed by atoms with Crippen molar-refractivity contribution in [1.82, 2.24) is 15.7 Å². The zero-order chi connectivity index (χ0) is 33.5. The van der Waals surface area contributed by atoms with Gasteiger partial charge in [-0.3, -0.25) is 19.2 Å². The quantitative estimate of drug-likeness (QED) is 0.0528. The van der Waals surface area contributed by atoms with Gasteiger partial charge in [-0.15, -0.1) is 0 Å². The lowest BCUT2D eigenvalue weighted by Gasteiger charge is -2.32. The highest BCUT2D eigenvalue weighted by Crippen LogP contribution is 2.36. The number of unbranched alkanes of at least 4 members (excludes halogenated alkanes) is 2. The van der Waals surface area contributed by atoms with Gasteiger partial charge in [0.25, 0.3) is 5.91 Å². The Morgan fingerprint density at radius 1 is 1.02 bits per heavy atom. The molecule has 0 radical (unpaired) electrons. The first-order valence-electron chi connectivity index (χ1n) is 15.4. The fraction of sp³-hybridized carbons (Fsp3) is 0.412. The summed E-state index contributed by atoms with van der Waals surface area (Å²) in [5, 5.41) is 17.1. The number of furan rings is 1. The molecule has 0 spiro atoms. The molecular weight excluding hydrogens is 594 g/mol. The summed E-state index contributed by atoms with van der Waals surface area (Å²) in [7, 11) is 1.20. The zero-order valence-electron chi connectivity index (χ0n) is 26.7. The van der Waals surface area contributed by atoms with Crippen molar-refractivity contribution in [2.75, 3.05) is 20.4 Å². The van der Waals surface area contributed by atoms with E-state index in [2.05, 4.69) is 17.6 Å². The zero-order valence-corrected chi connectivity index (χ0v) is 26.7. The summed E-state index contributed by atoms with van der Waals surface area (Å²) in [6, 6.07) is 14.7. The predicted molar refractivity (Wildman–Crippen MR) is 170 cm³/mol. The van der Waals surface area contributed by atoms with Crippen molar-refractivity contribution in [3.63, 3.8) is 0 Å². The molecule has 46 heavy (non-hydrogen) atoms. The normalized spacial score (nSPS) is 12.1. The highest BCUT2D eigenvalue weighted by Gasteiger charge is 2.32. The first-order valence-corrected chi connectivity index (χ1v) is 15.4. The van der Waals surface area contributed by atoms with E-state index in [1.807, 2.05) is 37.3 Å². The fourth-order valence-corrected chi connectivity index (χ4v) is 5.05. The standard InChI is InChI=1S/C34H43N3O9/c1-5-8-10-15-25(26(6-2)37(22-38)45-20-23-13-11-9-12-14-23)32(40)35-21-36-33(41)29-17-16-28(46-29)24-18-27(39)31(34(42)43-4)30(19-24)44-7-3/h9,11-14,16-19,22,25-26,39H,5-8,10,15,20-21H2,1-4H3,(H,35,40)(H,36,41). The van der Waals surface area contributed by atoms with Crippen LogP contribution in [0.4, 0.5) is 0 Å². The topological polar surface area (TPSA) is 157 Å². The summed E-state index contributed by atoms with van der Waals surface area (Å²) in [6.45, 7) is 5.93. The minimum Gasteiger partial charge on any atom is -0.507 e. The second kappa shape index (κ2) is 18.2. The first-order chi connectivity index (χ1) is 22.3. The second-order valence-electron chi connectivity index (χ2n) is 10.5. The maximum atomic E-state index is 13.4. The Hall–Kier alpha value is -4.84. The van der Waals surface area contributed by atoms with E-state index in [4.69, 9.17) is 18.7 Å². The van der Waals surface area contributed by atoms with Crippen molar-refractivity contribution in [1.29, 1.82) is 0 Å². The maximum Gasteiger partial charge on any atom is 0.345 e. The number of ether oxygens (including phenoxy) is 2. The number of rotatable bonds is 19. The van der Waals surface area contributed by atoms with Crippen molar-refractivity contribution < 1.29 is 43.0 Å². The Kier molecular flexibility index (Phi) is 14.1. The van der Waals surface area contributed by atoms with E-state index in [1.165, 1.54) is 36.4 Å². The van der Waals surface area contributed by atoms with Gasteiger partial charge in [0.2, 0.25) is 12.3 Å². The minimum absolute atomic E-state index is 0.0360. The van der Waals surface area contributed by atoms with Gasteiger partial charge in [-0.25, -0.2) is 9.86 Å². The van der Waals surface area contributed by atoms with Gasteiger partial charge in [0, 0.05) is 5.56 Å². The second-order valence-corrected chi connectivity index (χ2v) is 10.5. The molecule has 3 amide bonds. The molecule has 0 saturated carbocycles. The number of hydroxylamine groups is 2. The summed E-state index contributed by atoms with van der Waals surface area (Å²) in [6.07, 6.45) is 4.32. The average molecular weight is 638 g/mol. The third-order valence-corrected chi connectivity index (χ3v) is 7.39. The number of phenolic OH excluding ortho intramolecular Hbond substituents is 1. The van der Waals surface area contributed by atoms with Gasteiger partial charge in [-0.1, -0.05) is 63.4 Å². The van der Waals surface area contributed by atoms with Crippen LogP contribution in [0.3, 0.4) is 0 Å². The number of esters is 1. The van der Waals surface area contributed by atoms with Crippen LogP contribution in [-0.2, 0) is 25.8 Å². The number of hydrogen-bond acceptors (Lipinski definition) is 9. The lowest BCUT2D eigenvalue weighted by Crippen LogP contribution is -2.48. The largest absolute Gasteiger partial charge is 0.507 e. The molecule has 0 saturated heterocycles. The monoisotopic (exact) mass is 637 g/mol. The van der Waals surface area contributed by atoms with E-state index in [0.717, 1.165) is 24.8 Å². The van der Waals surface area contributed by atoms with Crippen LogP contribution in [0.2, 0.25) is 0 Å². The van der Waals surface area contributed by atoms with Crippen molar-refractivity contribution >= 4 is 24.2 Å². The smallest absolute Gasteiger partial charge is 0.345 e. The van der Waals surface area contributed by atoms with E-state index in [1.54, 1.807) is 6.92 Å². The van der Waals surface area contributed by atoms with E-state index in [-0.39, 0.29) is 54.4 Å². The lowest BCUT2D eigenvalue weighted by atomic mass is 9.90. The molecule has 0 aliphatic carbocycles. The molecule has 0 bridgehead atoms. The number of nitrogens with one attached hydrogen (secondary N) is 2.